The summed E-state index contributed by atoms with van der Waals surface area (Å²) in [7, 11) is 0. The highest BCUT2D eigenvalue weighted by Crippen LogP contribution is 2.09. The zero-order valence-electron chi connectivity index (χ0n) is 12.9. The fraction of sp³-hybridized carbons (Fsp3) is 0.353. The molecule has 0 fully saturated rings. The Kier molecular flexibility index (Phi) is 5.83. The van der Waals surface area contributed by atoms with E-state index >= 15 is 0 Å². The summed E-state index contributed by atoms with van der Waals surface area (Å²) < 4.78 is 0. The van der Waals surface area contributed by atoms with Crippen LogP contribution in [0.1, 0.15) is 39.5 Å². The van der Waals surface area contributed by atoms with Gasteiger partial charge in [-0.1, -0.05) is 29.8 Å². The van der Waals surface area contributed by atoms with Gasteiger partial charge in [0.15, 0.2) is 5.78 Å². The molecule has 1 N–H and O–H groups in total. The molecule has 0 aliphatic carbocycles. The highest BCUT2D eigenvalue weighted by Gasteiger charge is 2.09. The zero-order valence-corrected chi connectivity index (χ0v) is 13.7. The number of hydrogen-bond acceptors (Lipinski definition) is 4. The molecule has 1 amide bonds. The summed E-state index contributed by atoms with van der Waals surface area (Å²) in [4.78, 5) is 28.1. The minimum atomic E-state index is -0.0904. The summed E-state index contributed by atoms with van der Waals surface area (Å²) in [5.74, 6) is -0.0855. The van der Waals surface area contributed by atoms with Crippen LogP contribution in [-0.4, -0.2) is 23.2 Å². The molecule has 116 valence electrons. The number of Topliss-reactive ketones (excluding diaryl/α,β-unsaturated/α-hetero) is 1. The molecule has 2 aromatic rings. The molecule has 22 heavy (non-hydrogen) atoms. The molecule has 0 aliphatic rings. The maximum absolute atomic E-state index is 12.0. The largest absolute Gasteiger partial charge is 0.356 e. The van der Waals surface area contributed by atoms with Gasteiger partial charge in [-0.05, 0) is 13.8 Å². The third kappa shape index (κ3) is 5.07. The van der Waals surface area contributed by atoms with Gasteiger partial charge in [0.05, 0.1) is 10.7 Å². The van der Waals surface area contributed by atoms with Crippen LogP contribution in [-0.2, 0) is 11.2 Å². The number of rotatable bonds is 7. The predicted molar refractivity (Wildman–Crippen MR) is 88.3 cm³/mol. The van der Waals surface area contributed by atoms with Crippen molar-refractivity contribution in [2.24, 2.45) is 0 Å². The van der Waals surface area contributed by atoms with Crippen molar-refractivity contribution in [2.45, 2.75) is 33.1 Å². The van der Waals surface area contributed by atoms with Crippen molar-refractivity contribution >= 4 is 23.0 Å². The van der Waals surface area contributed by atoms with Crippen molar-refractivity contribution < 1.29 is 9.59 Å². The Balaban J connectivity index is 1.68. The van der Waals surface area contributed by atoms with Crippen molar-refractivity contribution in [1.29, 1.82) is 0 Å². The van der Waals surface area contributed by atoms with Gasteiger partial charge in [0.2, 0.25) is 5.91 Å². The Bertz CT molecular complexity index is 647. The third-order valence-electron chi connectivity index (χ3n) is 3.32. The van der Waals surface area contributed by atoms with E-state index in [1.54, 1.807) is 23.5 Å². The number of carbonyl (C=O) groups is 2. The predicted octanol–water partition coefficient (Wildman–Crippen LogP) is 3.08. The molecule has 2 rings (SSSR count). The summed E-state index contributed by atoms with van der Waals surface area (Å²) in [6.07, 6.45) is 1.19. The lowest BCUT2D eigenvalue weighted by molar-refractivity contribution is -0.121. The van der Waals surface area contributed by atoms with Crippen LogP contribution >= 0.6 is 11.3 Å². The van der Waals surface area contributed by atoms with E-state index in [9.17, 15) is 9.59 Å². The normalized spacial score (nSPS) is 10.5. The van der Waals surface area contributed by atoms with Crippen molar-refractivity contribution in [1.82, 2.24) is 10.3 Å². The Hall–Kier alpha value is -2.01. The van der Waals surface area contributed by atoms with Gasteiger partial charge in [0.25, 0.3) is 0 Å². The standard InChI is InChI=1S/C17H20N2O2S/c1-12-3-5-14(6-4-12)16(20)7-8-17(21)18-10-9-15-11-22-13(2)19-15/h3-6,11H,7-10H2,1-2H3,(H,18,21). The van der Waals surface area contributed by atoms with Gasteiger partial charge >= 0.3 is 0 Å². The number of carbonyl (C=O) groups excluding carboxylic acids is 2. The number of aryl methyl sites for hydroxylation is 2. The summed E-state index contributed by atoms with van der Waals surface area (Å²) >= 11 is 1.61. The highest BCUT2D eigenvalue weighted by molar-refractivity contribution is 7.09. The molecule has 0 spiro atoms. The lowest BCUT2D eigenvalue weighted by Crippen LogP contribution is -2.26. The Morgan fingerprint density at radius 1 is 1.14 bits per heavy atom. The summed E-state index contributed by atoms with van der Waals surface area (Å²) in [6, 6.07) is 7.42. The topological polar surface area (TPSA) is 59.1 Å². The molecule has 1 heterocycles. The van der Waals surface area contributed by atoms with E-state index in [0.29, 0.717) is 12.1 Å². The van der Waals surface area contributed by atoms with E-state index in [0.717, 1.165) is 22.7 Å². The van der Waals surface area contributed by atoms with Crippen LogP contribution in [0.5, 0.6) is 0 Å². The van der Waals surface area contributed by atoms with Gasteiger partial charge in [-0.25, -0.2) is 4.98 Å². The molecule has 0 radical (unpaired) electrons. The monoisotopic (exact) mass is 316 g/mol. The molecule has 4 nitrogen and oxygen atoms in total. The average Bonchev–Trinajstić information content (AvgIpc) is 2.91. The Morgan fingerprint density at radius 2 is 1.86 bits per heavy atom. The van der Waals surface area contributed by atoms with E-state index in [4.69, 9.17) is 0 Å². The summed E-state index contributed by atoms with van der Waals surface area (Å²) in [6.45, 7) is 4.50. The van der Waals surface area contributed by atoms with E-state index in [-0.39, 0.29) is 24.5 Å². The molecule has 0 unspecified atom stereocenters. The molecule has 0 bridgehead atoms. The van der Waals surface area contributed by atoms with Crippen molar-refractivity contribution in [3.63, 3.8) is 0 Å². The first kappa shape index (κ1) is 16.4. The smallest absolute Gasteiger partial charge is 0.220 e. The molecule has 5 heteroatoms. The van der Waals surface area contributed by atoms with Gasteiger partial charge in [-0.3, -0.25) is 9.59 Å². The quantitative estimate of drug-likeness (QED) is 0.799. The van der Waals surface area contributed by atoms with Crippen LogP contribution < -0.4 is 5.32 Å². The number of amides is 1. The molecule has 1 aromatic heterocycles. The molecule has 1 aromatic carbocycles. The minimum absolute atomic E-state index is 0.00489. The van der Waals surface area contributed by atoms with Gasteiger partial charge in [0, 0.05) is 36.8 Å². The number of benzene rings is 1. The fourth-order valence-corrected chi connectivity index (χ4v) is 2.70. The second kappa shape index (κ2) is 7.84. The van der Waals surface area contributed by atoms with Crippen LogP contribution in [0, 0.1) is 13.8 Å². The maximum atomic E-state index is 12.0. The highest BCUT2D eigenvalue weighted by atomic mass is 32.1. The first-order chi connectivity index (χ1) is 10.5. The maximum Gasteiger partial charge on any atom is 0.220 e. The third-order valence-corrected chi connectivity index (χ3v) is 4.14. The van der Waals surface area contributed by atoms with Crippen LogP contribution in [0.4, 0.5) is 0 Å². The molecule has 0 aliphatic heterocycles. The number of aromatic nitrogens is 1. The Labute approximate surface area is 134 Å². The number of hydrogen-bond donors (Lipinski definition) is 1. The average molecular weight is 316 g/mol. The Morgan fingerprint density at radius 3 is 2.50 bits per heavy atom. The molecule has 0 saturated carbocycles. The van der Waals surface area contributed by atoms with Crippen LogP contribution in [0.3, 0.4) is 0 Å². The first-order valence-corrected chi connectivity index (χ1v) is 8.20. The van der Waals surface area contributed by atoms with E-state index in [1.807, 2.05) is 31.4 Å². The number of ketones is 1. The van der Waals surface area contributed by atoms with Gasteiger partial charge < -0.3 is 5.32 Å². The SMILES string of the molecule is Cc1ccc(C(=O)CCC(=O)NCCc2csc(C)n2)cc1. The minimum Gasteiger partial charge on any atom is -0.356 e. The molecule has 0 atom stereocenters. The van der Waals surface area contributed by atoms with Gasteiger partial charge in [-0.2, -0.15) is 0 Å². The second-order valence-corrected chi connectivity index (χ2v) is 6.31. The van der Waals surface area contributed by atoms with Gasteiger partial charge in [-0.15, -0.1) is 11.3 Å². The first-order valence-electron chi connectivity index (χ1n) is 7.32. The zero-order chi connectivity index (χ0) is 15.9. The van der Waals surface area contributed by atoms with E-state index < -0.39 is 0 Å². The van der Waals surface area contributed by atoms with Crippen LogP contribution in [0.2, 0.25) is 0 Å². The molecular weight excluding hydrogens is 296 g/mol. The fourth-order valence-electron chi connectivity index (χ4n) is 2.05. The van der Waals surface area contributed by atoms with Crippen molar-refractivity contribution in [3.8, 4) is 0 Å². The number of nitrogens with one attached hydrogen (secondary N) is 1. The van der Waals surface area contributed by atoms with E-state index in [1.165, 1.54) is 0 Å². The molecular formula is C17H20N2O2S. The van der Waals surface area contributed by atoms with Crippen molar-refractivity contribution in [2.75, 3.05) is 6.54 Å². The summed E-state index contributed by atoms with van der Waals surface area (Å²) in [5.41, 5.74) is 2.78. The number of thiazole rings is 1. The summed E-state index contributed by atoms with van der Waals surface area (Å²) in [5, 5.41) is 5.86. The molecule has 0 saturated heterocycles. The van der Waals surface area contributed by atoms with Crippen LogP contribution in [0.15, 0.2) is 29.6 Å². The lowest BCUT2D eigenvalue weighted by atomic mass is 10.1. The van der Waals surface area contributed by atoms with Gasteiger partial charge in [0.1, 0.15) is 0 Å². The van der Waals surface area contributed by atoms with Crippen molar-refractivity contribution in [3.05, 3.63) is 51.5 Å². The second-order valence-electron chi connectivity index (χ2n) is 5.25. The number of nitrogens with zero attached hydrogens (tertiary/aromatic N) is 1. The van der Waals surface area contributed by atoms with Crippen LogP contribution in [0.25, 0.3) is 0 Å². The van der Waals surface area contributed by atoms with E-state index in [2.05, 4.69) is 10.3 Å². The lowest BCUT2D eigenvalue weighted by Gasteiger charge is -2.04.